The van der Waals surface area contributed by atoms with Gasteiger partial charge in [0, 0.05) is 0 Å². The first-order valence-electron chi connectivity index (χ1n) is 7.73. The third kappa shape index (κ3) is 3.37. The molecule has 2 aromatic rings. The average Bonchev–Trinajstić information content (AvgIpc) is 2.55. The van der Waals surface area contributed by atoms with Crippen LogP contribution in [0.15, 0.2) is 42.0 Å². The van der Waals surface area contributed by atoms with Gasteiger partial charge in [0.1, 0.15) is 17.2 Å². The Bertz CT molecular complexity index is 900. The topological polar surface area (TPSA) is 55.8 Å². The number of carboxylic acid groups (broad SMARTS) is 1. The first kappa shape index (κ1) is 17.8. The fourth-order valence-electron chi connectivity index (χ4n) is 2.73. The molecule has 1 aliphatic heterocycles. The van der Waals surface area contributed by atoms with Gasteiger partial charge in [0.2, 0.25) is 6.10 Å². The molecule has 1 atom stereocenters. The van der Waals surface area contributed by atoms with Gasteiger partial charge in [-0.05, 0) is 43.7 Å². The number of hydrogen-bond acceptors (Lipinski definition) is 3. The van der Waals surface area contributed by atoms with Crippen molar-refractivity contribution in [3.05, 3.63) is 58.7 Å². The Morgan fingerprint density at radius 3 is 2.50 bits per heavy atom. The molecule has 0 saturated heterocycles. The van der Waals surface area contributed by atoms with Crippen LogP contribution in [-0.2, 0) is 4.79 Å². The average molecular weight is 364 g/mol. The quantitative estimate of drug-likeness (QED) is 0.843. The second-order valence-corrected chi connectivity index (χ2v) is 5.98. The van der Waals surface area contributed by atoms with Gasteiger partial charge >= 0.3 is 12.1 Å². The molecule has 26 heavy (non-hydrogen) atoms. The molecule has 1 aliphatic rings. The molecule has 0 saturated carbocycles. The third-order valence-electron chi connectivity index (χ3n) is 3.95. The van der Waals surface area contributed by atoms with Gasteiger partial charge in [-0.3, -0.25) is 0 Å². The molecule has 0 radical (unpaired) electrons. The highest BCUT2D eigenvalue weighted by Gasteiger charge is 2.48. The van der Waals surface area contributed by atoms with E-state index in [1.54, 1.807) is 12.1 Å². The minimum absolute atomic E-state index is 0.0837. The number of benzene rings is 2. The molecule has 3 rings (SSSR count). The van der Waals surface area contributed by atoms with E-state index in [4.69, 9.17) is 14.6 Å². The molecule has 136 valence electrons. The summed E-state index contributed by atoms with van der Waals surface area (Å²) in [5.41, 5.74) is 1.15. The van der Waals surface area contributed by atoms with Crippen molar-refractivity contribution in [3.63, 3.8) is 0 Å². The highest BCUT2D eigenvalue weighted by molar-refractivity contribution is 5.95. The maximum atomic E-state index is 13.1. The molecule has 1 heterocycles. The SMILES string of the molecule is Cc1ccc(Oc2cccc3c2C=C(C(=O)O)C(C(F)(F)F)O3)c(C)c1. The zero-order chi connectivity index (χ0) is 19.1. The Kier molecular flexibility index (Phi) is 4.39. The van der Waals surface area contributed by atoms with Gasteiger partial charge in [0.25, 0.3) is 0 Å². The molecule has 1 unspecified atom stereocenters. The Labute approximate surface area is 147 Å². The summed E-state index contributed by atoms with van der Waals surface area (Å²) in [5, 5.41) is 9.16. The first-order valence-corrected chi connectivity index (χ1v) is 7.73. The van der Waals surface area contributed by atoms with Crippen LogP contribution in [0.3, 0.4) is 0 Å². The highest BCUT2D eigenvalue weighted by atomic mass is 19.4. The lowest BCUT2D eigenvalue weighted by Gasteiger charge is -2.27. The molecule has 0 spiro atoms. The number of alkyl halides is 3. The Balaban J connectivity index is 2.06. The van der Waals surface area contributed by atoms with E-state index in [1.165, 1.54) is 12.1 Å². The van der Waals surface area contributed by atoms with Gasteiger partial charge in [-0.15, -0.1) is 0 Å². The number of halogens is 3. The van der Waals surface area contributed by atoms with Crippen LogP contribution >= 0.6 is 0 Å². The van der Waals surface area contributed by atoms with Crippen LogP contribution in [0.4, 0.5) is 13.2 Å². The molecule has 0 aromatic heterocycles. The second kappa shape index (κ2) is 6.40. The molecular weight excluding hydrogens is 349 g/mol. The number of carbonyl (C=O) groups is 1. The van der Waals surface area contributed by atoms with E-state index >= 15 is 0 Å². The van der Waals surface area contributed by atoms with Crippen molar-refractivity contribution in [2.24, 2.45) is 0 Å². The van der Waals surface area contributed by atoms with Crippen LogP contribution in [-0.4, -0.2) is 23.4 Å². The number of aryl methyl sites for hydroxylation is 2. The number of aliphatic carboxylic acids is 1. The number of carboxylic acids is 1. The Morgan fingerprint density at radius 1 is 1.15 bits per heavy atom. The smallest absolute Gasteiger partial charge is 0.430 e. The lowest BCUT2D eigenvalue weighted by molar-refractivity contribution is -0.187. The summed E-state index contributed by atoms with van der Waals surface area (Å²) in [6.45, 7) is 3.76. The van der Waals surface area contributed by atoms with E-state index in [2.05, 4.69) is 0 Å². The zero-order valence-electron chi connectivity index (χ0n) is 13.9. The second-order valence-electron chi connectivity index (χ2n) is 5.98. The van der Waals surface area contributed by atoms with Crippen molar-refractivity contribution >= 4 is 12.0 Å². The molecule has 0 bridgehead atoms. The summed E-state index contributed by atoms with van der Waals surface area (Å²) in [4.78, 5) is 11.3. The van der Waals surface area contributed by atoms with Crippen molar-refractivity contribution in [3.8, 4) is 17.2 Å². The van der Waals surface area contributed by atoms with Crippen molar-refractivity contribution in [2.45, 2.75) is 26.1 Å². The minimum atomic E-state index is -4.84. The monoisotopic (exact) mass is 364 g/mol. The standard InChI is InChI=1S/C19H15F3O4/c1-10-6-7-14(11(2)8-10)25-15-4-3-5-16-12(15)9-13(18(23)24)17(26-16)19(20,21)22/h3-9,17H,1-2H3,(H,23,24). The molecule has 2 aromatic carbocycles. The summed E-state index contributed by atoms with van der Waals surface area (Å²) >= 11 is 0. The van der Waals surface area contributed by atoms with Gasteiger partial charge in [0.15, 0.2) is 0 Å². The molecule has 0 aliphatic carbocycles. The van der Waals surface area contributed by atoms with E-state index in [1.807, 2.05) is 26.0 Å². The largest absolute Gasteiger partial charge is 0.478 e. The van der Waals surface area contributed by atoms with E-state index in [0.29, 0.717) is 5.75 Å². The number of fused-ring (bicyclic) bond motifs is 1. The van der Waals surface area contributed by atoms with E-state index < -0.39 is 23.8 Å². The predicted octanol–water partition coefficient (Wildman–Crippen LogP) is 4.89. The lowest BCUT2D eigenvalue weighted by Crippen LogP contribution is -2.40. The first-order chi connectivity index (χ1) is 12.2. The third-order valence-corrected chi connectivity index (χ3v) is 3.95. The van der Waals surface area contributed by atoms with Gasteiger partial charge in [-0.2, -0.15) is 13.2 Å². The number of ether oxygens (including phenoxy) is 2. The lowest BCUT2D eigenvalue weighted by atomic mass is 10.0. The van der Waals surface area contributed by atoms with E-state index in [-0.39, 0.29) is 17.1 Å². The highest BCUT2D eigenvalue weighted by Crippen LogP contribution is 2.42. The van der Waals surface area contributed by atoms with E-state index in [0.717, 1.165) is 17.2 Å². The van der Waals surface area contributed by atoms with E-state index in [9.17, 15) is 18.0 Å². The summed E-state index contributed by atoms with van der Waals surface area (Å²) in [6, 6.07) is 9.87. The Hall–Kier alpha value is -2.96. The van der Waals surface area contributed by atoms with Crippen molar-refractivity contribution < 1.29 is 32.5 Å². The molecule has 1 N–H and O–H groups in total. The summed E-state index contributed by atoms with van der Waals surface area (Å²) in [7, 11) is 0. The van der Waals surface area contributed by atoms with Gasteiger partial charge < -0.3 is 14.6 Å². The maximum absolute atomic E-state index is 13.1. The van der Waals surface area contributed by atoms with Crippen LogP contribution in [0.1, 0.15) is 16.7 Å². The number of hydrogen-bond donors (Lipinski definition) is 1. The molecule has 4 nitrogen and oxygen atoms in total. The molecule has 7 heteroatoms. The normalized spacial score (nSPS) is 16.3. The van der Waals surface area contributed by atoms with Crippen molar-refractivity contribution in [2.75, 3.05) is 0 Å². The maximum Gasteiger partial charge on any atom is 0.430 e. The van der Waals surface area contributed by atoms with Crippen LogP contribution in [0.25, 0.3) is 6.08 Å². The fourth-order valence-corrected chi connectivity index (χ4v) is 2.73. The van der Waals surface area contributed by atoms with Crippen LogP contribution in [0.2, 0.25) is 0 Å². The molecule has 0 amide bonds. The van der Waals surface area contributed by atoms with Crippen LogP contribution in [0, 0.1) is 13.8 Å². The number of rotatable bonds is 3. The van der Waals surface area contributed by atoms with Crippen molar-refractivity contribution in [1.29, 1.82) is 0 Å². The molecule has 0 fully saturated rings. The zero-order valence-corrected chi connectivity index (χ0v) is 13.9. The molecular formula is C19H15F3O4. The Morgan fingerprint density at radius 2 is 1.88 bits per heavy atom. The minimum Gasteiger partial charge on any atom is -0.478 e. The van der Waals surface area contributed by atoms with Gasteiger partial charge in [-0.1, -0.05) is 23.8 Å². The fraction of sp³-hybridized carbons (Fsp3) is 0.211. The van der Waals surface area contributed by atoms with Gasteiger partial charge in [-0.25, -0.2) is 4.79 Å². The summed E-state index contributed by atoms with van der Waals surface area (Å²) in [5.74, 6) is -1.04. The van der Waals surface area contributed by atoms with Crippen LogP contribution in [0.5, 0.6) is 17.2 Å². The predicted molar refractivity (Wildman–Crippen MR) is 88.5 cm³/mol. The summed E-state index contributed by atoms with van der Waals surface area (Å²) < 4.78 is 50.1. The summed E-state index contributed by atoms with van der Waals surface area (Å²) in [6.07, 6.45) is -6.41. The van der Waals surface area contributed by atoms with Crippen LogP contribution < -0.4 is 9.47 Å². The van der Waals surface area contributed by atoms with Crippen molar-refractivity contribution in [1.82, 2.24) is 0 Å². The van der Waals surface area contributed by atoms with Gasteiger partial charge in [0.05, 0.1) is 11.1 Å².